The molecule has 20 heavy (non-hydrogen) atoms. The van der Waals surface area contributed by atoms with Crippen molar-refractivity contribution in [2.75, 3.05) is 13.6 Å². The zero-order valence-corrected chi connectivity index (χ0v) is 13.0. The summed E-state index contributed by atoms with van der Waals surface area (Å²) in [6.07, 6.45) is 6.60. The Morgan fingerprint density at radius 1 is 1.40 bits per heavy atom. The van der Waals surface area contributed by atoms with Crippen molar-refractivity contribution < 1.29 is 8.42 Å². The van der Waals surface area contributed by atoms with Crippen molar-refractivity contribution in [3.63, 3.8) is 0 Å². The highest BCUT2D eigenvalue weighted by molar-refractivity contribution is 7.89. The number of nitrogens with zero attached hydrogens (tertiary/aromatic N) is 1. The first-order valence-corrected chi connectivity index (χ1v) is 8.75. The van der Waals surface area contributed by atoms with Gasteiger partial charge in [-0.3, -0.25) is 0 Å². The minimum Gasteiger partial charge on any atom is -0.352 e. The van der Waals surface area contributed by atoms with Crippen LogP contribution >= 0.6 is 0 Å². The Bertz CT molecular complexity index is 598. The molecule has 1 aromatic rings. The Morgan fingerprint density at radius 2 is 2.10 bits per heavy atom. The first-order valence-electron chi connectivity index (χ1n) is 7.26. The predicted octanol–water partition coefficient (Wildman–Crippen LogP) is 1.21. The SMILES string of the molecule is CNCc1cc(S(=O)(=O)NCC2(C3CC3)CC2)cn1C. The van der Waals surface area contributed by atoms with Gasteiger partial charge >= 0.3 is 0 Å². The fourth-order valence-electron chi connectivity index (χ4n) is 2.99. The fraction of sp³-hybridized carbons (Fsp3) is 0.714. The van der Waals surface area contributed by atoms with Gasteiger partial charge in [0, 0.05) is 32.0 Å². The molecule has 2 aliphatic carbocycles. The Balaban J connectivity index is 1.69. The average molecular weight is 297 g/mol. The molecule has 112 valence electrons. The van der Waals surface area contributed by atoms with E-state index in [1.54, 1.807) is 12.3 Å². The van der Waals surface area contributed by atoms with Crippen LogP contribution in [0.5, 0.6) is 0 Å². The summed E-state index contributed by atoms with van der Waals surface area (Å²) in [5.74, 6) is 0.765. The molecule has 6 heteroatoms. The summed E-state index contributed by atoms with van der Waals surface area (Å²) in [5.41, 5.74) is 1.26. The van der Waals surface area contributed by atoms with Crippen LogP contribution in [0.2, 0.25) is 0 Å². The van der Waals surface area contributed by atoms with E-state index in [1.165, 1.54) is 25.7 Å². The van der Waals surface area contributed by atoms with Crippen LogP contribution in [0.1, 0.15) is 31.4 Å². The van der Waals surface area contributed by atoms with Gasteiger partial charge in [0.05, 0.1) is 4.90 Å². The number of sulfonamides is 1. The standard InChI is InChI=1S/C14H23N3O2S/c1-15-8-12-7-13(9-17(12)2)20(18,19)16-10-14(5-6-14)11-3-4-11/h7,9,11,15-16H,3-6,8,10H2,1-2H3. The normalized spacial score (nSPS) is 21.1. The summed E-state index contributed by atoms with van der Waals surface area (Å²) in [6.45, 7) is 1.27. The second-order valence-corrected chi connectivity index (χ2v) is 8.04. The lowest BCUT2D eigenvalue weighted by molar-refractivity contribution is 0.432. The molecule has 0 aromatic carbocycles. The molecule has 0 bridgehead atoms. The summed E-state index contributed by atoms with van der Waals surface area (Å²) in [7, 11) is 0.349. The van der Waals surface area contributed by atoms with Crippen molar-refractivity contribution in [3.8, 4) is 0 Å². The molecule has 2 aliphatic rings. The van der Waals surface area contributed by atoms with E-state index >= 15 is 0 Å². The number of aromatic nitrogens is 1. The molecule has 0 saturated heterocycles. The molecule has 3 rings (SSSR count). The molecule has 2 N–H and O–H groups in total. The molecular formula is C14H23N3O2S. The highest BCUT2D eigenvalue weighted by Crippen LogP contribution is 2.60. The molecule has 5 nitrogen and oxygen atoms in total. The monoisotopic (exact) mass is 297 g/mol. The van der Waals surface area contributed by atoms with Gasteiger partial charge in [0.25, 0.3) is 0 Å². The molecule has 2 saturated carbocycles. The third-order valence-electron chi connectivity index (χ3n) is 4.70. The third kappa shape index (κ3) is 2.64. The Hall–Kier alpha value is -0.850. The maximum Gasteiger partial charge on any atom is 0.242 e. The minimum atomic E-state index is -3.38. The fourth-order valence-corrected chi connectivity index (χ4v) is 4.22. The van der Waals surface area contributed by atoms with Crippen molar-refractivity contribution in [2.45, 2.75) is 37.1 Å². The quantitative estimate of drug-likeness (QED) is 0.795. The van der Waals surface area contributed by atoms with Crippen LogP contribution in [0.15, 0.2) is 17.2 Å². The molecule has 1 heterocycles. The lowest BCUT2D eigenvalue weighted by Gasteiger charge is -2.14. The van der Waals surface area contributed by atoms with Gasteiger partial charge in [-0.25, -0.2) is 13.1 Å². The van der Waals surface area contributed by atoms with E-state index in [4.69, 9.17) is 0 Å². The molecule has 2 fully saturated rings. The zero-order chi connectivity index (χ0) is 14.4. The van der Waals surface area contributed by atoms with Gasteiger partial charge in [-0.05, 0) is 50.1 Å². The maximum absolute atomic E-state index is 12.4. The summed E-state index contributed by atoms with van der Waals surface area (Å²) < 4.78 is 29.4. The Morgan fingerprint density at radius 3 is 2.65 bits per heavy atom. The molecule has 0 unspecified atom stereocenters. The number of hydrogen-bond acceptors (Lipinski definition) is 3. The van der Waals surface area contributed by atoms with Crippen LogP contribution in [-0.4, -0.2) is 26.6 Å². The lowest BCUT2D eigenvalue weighted by Crippen LogP contribution is -2.31. The zero-order valence-electron chi connectivity index (χ0n) is 12.1. The third-order valence-corrected chi connectivity index (χ3v) is 6.07. The first-order chi connectivity index (χ1) is 9.47. The van der Waals surface area contributed by atoms with Gasteiger partial charge in [0.15, 0.2) is 0 Å². The second-order valence-electron chi connectivity index (χ2n) is 6.27. The summed E-state index contributed by atoms with van der Waals surface area (Å²) in [5, 5.41) is 3.04. The van der Waals surface area contributed by atoms with Crippen molar-refractivity contribution in [1.29, 1.82) is 0 Å². The van der Waals surface area contributed by atoms with E-state index in [2.05, 4.69) is 10.0 Å². The van der Waals surface area contributed by atoms with Crippen molar-refractivity contribution in [3.05, 3.63) is 18.0 Å². The van der Waals surface area contributed by atoms with Gasteiger partial charge in [-0.2, -0.15) is 0 Å². The Labute approximate surface area is 120 Å². The second kappa shape index (κ2) is 4.86. The first kappa shape index (κ1) is 14.1. The van der Waals surface area contributed by atoms with E-state index in [0.29, 0.717) is 18.0 Å². The summed E-state index contributed by atoms with van der Waals surface area (Å²) >= 11 is 0. The molecule has 0 radical (unpaired) electrons. The minimum absolute atomic E-state index is 0.287. The molecule has 0 atom stereocenters. The van der Waals surface area contributed by atoms with Crippen LogP contribution < -0.4 is 10.0 Å². The molecule has 0 amide bonds. The molecule has 0 spiro atoms. The molecule has 1 aromatic heterocycles. The predicted molar refractivity (Wildman–Crippen MR) is 77.8 cm³/mol. The van der Waals surface area contributed by atoms with Crippen molar-refractivity contribution >= 4 is 10.0 Å². The van der Waals surface area contributed by atoms with Gasteiger partial charge in [0.2, 0.25) is 10.0 Å². The van der Waals surface area contributed by atoms with Gasteiger partial charge in [-0.15, -0.1) is 0 Å². The highest BCUT2D eigenvalue weighted by atomic mass is 32.2. The summed E-state index contributed by atoms with van der Waals surface area (Å²) in [6, 6.07) is 1.75. The van der Waals surface area contributed by atoms with E-state index in [-0.39, 0.29) is 5.41 Å². The summed E-state index contributed by atoms with van der Waals surface area (Å²) in [4.78, 5) is 0.372. The molecule has 0 aliphatic heterocycles. The van der Waals surface area contributed by atoms with Gasteiger partial charge < -0.3 is 9.88 Å². The number of aryl methyl sites for hydroxylation is 1. The van der Waals surface area contributed by atoms with E-state index < -0.39 is 10.0 Å². The van der Waals surface area contributed by atoms with Crippen LogP contribution in [-0.2, 0) is 23.6 Å². The van der Waals surface area contributed by atoms with Crippen molar-refractivity contribution in [2.24, 2.45) is 18.4 Å². The maximum atomic E-state index is 12.4. The molecular weight excluding hydrogens is 274 g/mol. The number of nitrogens with one attached hydrogen (secondary N) is 2. The van der Waals surface area contributed by atoms with Crippen LogP contribution in [0.3, 0.4) is 0 Å². The lowest BCUT2D eigenvalue weighted by atomic mass is 10.0. The average Bonchev–Trinajstić information content (AvgIpc) is 3.28. The largest absolute Gasteiger partial charge is 0.352 e. The van der Waals surface area contributed by atoms with Gasteiger partial charge in [0.1, 0.15) is 0 Å². The topological polar surface area (TPSA) is 63.1 Å². The smallest absolute Gasteiger partial charge is 0.242 e. The van der Waals surface area contributed by atoms with E-state index in [9.17, 15) is 8.42 Å². The van der Waals surface area contributed by atoms with Crippen LogP contribution in [0.25, 0.3) is 0 Å². The van der Waals surface area contributed by atoms with E-state index in [1.807, 2.05) is 18.7 Å². The number of hydrogen-bond donors (Lipinski definition) is 2. The number of rotatable bonds is 7. The highest BCUT2D eigenvalue weighted by Gasteiger charge is 2.53. The van der Waals surface area contributed by atoms with Crippen LogP contribution in [0, 0.1) is 11.3 Å². The van der Waals surface area contributed by atoms with Crippen LogP contribution in [0.4, 0.5) is 0 Å². The Kier molecular flexibility index (Phi) is 3.43. The van der Waals surface area contributed by atoms with E-state index in [0.717, 1.165) is 11.6 Å². The van der Waals surface area contributed by atoms with Crippen molar-refractivity contribution in [1.82, 2.24) is 14.6 Å². The van der Waals surface area contributed by atoms with Gasteiger partial charge in [-0.1, -0.05) is 0 Å².